The van der Waals surface area contributed by atoms with Gasteiger partial charge < -0.3 is 15.2 Å². The van der Waals surface area contributed by atoms with Crippen molar-refractivity contribution < 1.29 is 24.2 Å². The Hall–Kier alpha value is -3.15. The minimum atomic E-state index is -1.15. The first-order valence-electron chi connectivity index (χ1n) is 7.39. The molecule has 2 N–H and O–H groups in total. The second-order valence-corrected chi connectivity index (χ2v) is 5.60. The minimum Gasteiger partial charge on any atom is -0.478 e. The SMILES string of the molecule is Cc1ccc2c(c1)C(=O)OC(C(=O)Nc1ccccc1C(=O)O)C2. The Morgan fingerprint density at radius 1 is 1.21 bits per heavy atom. The van der Waals surface area contributed by atoms with Crippen molar-refractivity contribution in [2.24, 2.45) is 0 Å². The number of hydrogen-bond donors (Lipinski definition) is 2. The highest BCUT2D eigenvalue weighted by molar-refractivity contribution is 6.04. The van der Waals surface area contributed by atoms with E-state index in [0.717, 1.165) is 11.1 Å². The summed E-state index contributed by atoms with van der Waals surface area (Å²) >= 11 is 0. The van der Waals surface area contributed by atoms with E-state index in [0.29, 0.717) is 5.56 Å². The molecule has 0 fully saturated rings. The van der Waals surface area contributed by atoms with E-state index in [1.54, 1.807) is 24.3 Å². The summed E-state index contributed by atoms with van der Waals surface area (Å²) in [7, 11) is 0. The van der Waals surface area contributed by atoms with Gasteiger partial charge in [0.05, 0.1) is 16.8 Å². The number of carboxylic acids is 1. The Bertz CT molecular complexity index is 843. The number of cyclic esters (lactones) is 1. The molecule has 0 saturated carbocycles. The number of rotatable bonds is 3. The molecule has 0 spiro atoms. The number of aryl methyl sites for hydroxylation is 1. The summed E-state index contributed by atoms with van der Waals surface area (Å²) in [5.41, 5.74) is 2.28. The number of para-hydroxylation sites is 1. The maximum Gasteiger partial charge on any atom is 0.339 e. The third kappa shape index (κ3) is 2.99. The molecule has 0 radical (unpaired) electrons. The van der Waals surface area contributed by atoms with Gasteiger partial charge in [0.15, 0.2) is 6.10 Å². The summed E-state index contributed by atoms with van der Waals surface area (Å²) < 4.78 is 5.20. The first-order chi connectivity index (χ1) is 11.5. The second kappa shape index (κ2) is 6.16. The Labute approximate surface area is 138 Å². The highest BCUT2D eigenvalue weighted by atomic mass is 16.5. The molecule has 0 saturated heterocycles. The molecule has 1 aliphatic rings. The van der Waals surface area contributed by atoms with Crippen molar-refractivity contribution in [1.29, 1.82) is 0 Å². The normalized spacial score (nSPS) is 16.0. The van der Waals surface area contributed by atoms with Crippen molar-refractivity contribution in [3.8, 4) is 0 Å². The summed E-state index contributed by atoms with van der Waals surface area (Å²) in [5.74, 6) is -2.25. The fourth-order valence-electron chi connectivity index (χ4n) is 2.63. The molecule has 24 heavy (non-hydrogen) atoms. The van der Waals surface area contributed by atoms with Crippen molar-refractivity contribution >= 4 is 23.5 Å². The van der Waals surface area contributed by atoms with Crippen molar-refractivity contribution in [2.75, 3.05) is 5.32 Å². The summed E-state index contributed by atoms with van der Waals surface area (Å²) in [6.07, 6.45) is -0.739. The zero-order chi connectivity index (χ0) is 17.3. The van der Waals surface area contributed by atoms with E-state index < -0.39 is 23.9 Å². The molecule has 1 aliphatic heterocycles. The Balaban J connectivity index is 1.81. The predicted octanol–water partition coefficient (Wildman–Crippen LogP) is 2.41. The number of hydrogen-bond acceptors (Lipinski definition) is 4. The lowest BCUT2D eigenvalue weighted by Crippen LogP contribution is -2.38. The van der Waals surface area contributed by atoms with Gasteiger partial charge in [-0.25, -0.2) is 9.59 Å². The first kappa shape index (κ1) is 15.7. The molecule has 2 aromatic rings. The van der Waals surface area contributed by atoms with Crippen LogP contribution in [0, 0.1) is 6.92 Å². The van der Waals surface area contributed by atoms with Crippen LogP contribution in [0.5, 0.6) is 0 Å². The summed E-state index contributed by atoms with van der Waals surface area (Å²) in [6, 6.07) is 11.5. The van der Waals surface area contributed by atoms with E-state index in [2.05, 4.69) is 5.32 Å². The van der Waals surface area contributed by atoms with E-state index in [1.807, 2.05) is 13.0 Å². The van der Waals surface area contributed by atoms with Crippen LogP contribution >= 0.6 is 0 Å². The van der Waals surface area contributed by atoms with E-state index in [4.69, 9.17) is 9.84 Å². The van der Waals surface area contributed by atoms with Gasteiger partial charge in [0.25, 0.3) is 5.91 Å². The van der Waals surface area contributed by atoms with Crippen LogP contribution in [0.25, 0.3) is 0 Å². The summed E-state index contributed by atoms with van der Waals surface area (Å²) in [4.78, 5) is 35.7. The lowest BCUT2D eigenvalue weighted by atomic mass is 9.96. The van der Waals surface area contributed by atoms with Crippen molar-refractivity contribution in [3.05, 3.63) is 64.7 Å². The molecule has 1 heterocycles. The number of ether oxygens (including phenoxy) is 1. The monoisotopic (exact) mass is 325 g/mol. The summed E-state index contributed by atoms with van der Waals surface area (Å²) in [6.45, 7) is 1.87. The number of fused-ring (bicyclic) bond motifs is 1. The van der Waals surface area contributed by atoms with Crippen LogP contribution in [-0.4, -0.2) is 29.1 Å². The van der Waals surface area contributed by atoms with Gasteiger partial charge >= 0.3 is 11.9 Å². The molecule has 0 aliphatic carbocycles. The number of amides is 1. The molecule has 0 aromatic heterocycles. The van der Waals surface area contributed by atoms with Crippen LogP contribution in [-0.2, 0) is 16.0 Å². The molecule has 1 atom stereocenters. The van der Waals surface area contributed by atoms with Crippen LogP contribution in [0.1, 0.15) is 31.8 Å². The van der Waals surface area contributed by atoms with Crippen LogP contribution in [0.2, 0.25) is 0 Å². The summed E-state index contributed by atoms with van der Waals surface area (Å²) in [5, 5.41) is 11.7. The molecule has 6 nitrogen and oxygen atoms in total. The number of aromatic carboxylic acids is 1. The molecule has 2 aromatic carbocycles. The predicted molar refractivity (Wildman–Crippen MR) is 86.1 cm³/mol. The minimum absolute atomic E-state index is 0.0241. The molecular formula is C18H15NO5. The van der Waals surface area contributed by atoms with Crippen LogP contribution < -0.4 is 5.32 Å². The number of carboxylic acid groups (broad SMARTS) is 1. The maximum absolute atomic E-state index is 12.4. The van der Waals surface area contributed by atoms with Gasteiger partial charge in [-0.1, -0.05) is 29.8 Å². The van der Waals surface area contributed by atoms with Gasteiger partial charge in [-0.2, -0.15) is 0 Å². The quantitative estimate of drug-likeness (QED) is 0.845. The lowest BCUT2D eigenvalue weighted by molar-refractivity contribution is -0.125. The molecule has 1 unspecified atom stereocenters. The Morgan fingerprint density at radius 3 is 2.71 bits per heavy atom. The van der Waals surface area contributed by atoms with Gasteiger partial charge in [-0.15, -0.1) is 0 Å². The van der Waals surface area contributed by atoms with Crippen molar-refractivity contribution in [2.45, 2.75) is 19.4 Å². The van der Waals surface area contributed by atoms with E-state index in [-0.39, 0.29) is 17.7 Å². The van der Waals surface area contributed by atoms with Gasteiger partial charge in [-0.05, 0) is 30.7 Å². The average Bonchev–Trinajstić information content (AvgIpc) is 2.55. The standard InChI is InChI=1S/C18H15NO5/c1-10-6-7-11-9-15(24-18(23)13(11)8-10)16(20)19-14-5-3-2-4-12(14)17(21)22/h2-8,15H,9H2,1H3,(H,19,20)(H,21,22). The average molecular weight is 325 g/mol. The number of anilines is 1. The lowest BCUT2D eigenvalue weighted by Gasteiger charge is -2.24. The maximum atomic E-state index is 12.4. The van der Waals surface area contributed by atoms with Gasteiger partial charge in [-0.3, -0.25) is 4.79 Å². The molecule has 3 rings (SSSR count). The number of benzene rings is 2. The van der Waals surface area contributed by atoms with Crippen LogP contribution in [0.4, 0.5) is 5.69 Å². The first-order valence-corrected chi connectivity index (χ1v) is 7.39. The Morgan fingerprint density at radius 2 is 1.96 bits per heavy atom. The largest absolute Gasteiger partial charge is 0.478 e. The number of carbonyl (C=O) groups excluding carboxylic acids is 2. The van der Waals surface area contributed by atoms with E-state index in [9.17, 15) is 14.4 Å². The number of esters is 1. The fourth-order valence-corrected chi connectivity index (χ4v) is 2.63. The molecule has 0 bridgehead atoms. The number of nitrogens with one attached hydrogen (secondary N) is 1. The smallest absolute Gasteiger partial charge is 0.339 e. The van der Waals surface area contributed by atoms with E-state index >= 15 is 0 Å². The van der Waals surface area contributed by atoms with Crippen LogP contribution in [0.3, 0.4) is 0 Å². The third-order valence-electron chi connectivity index (χ3n) is 3.85. The second-order valence-electron chi connectivity index (χ2n) is 5.60. The molecule has 6 heteroatoms. The number of carbonyl (C=O) groups is 3. The topological polar surface area (TPSA) is 92.7 Å². The van der Waals surface area contributed by atoms with Crippen molar-refractivity contribution in [1.82, 2.24) is 0 Å². The fraction of sp³-hybridized carbons (Fsp3) is 0.167. The zero-order valence-electron chi connectivity index (χ0n) is 12.9. The van der Waals surface area contributed by atoms with E-state index in [1.165, 1.54) is 12.1 Å². The third-order valence-corrected chi connectivity index (χ3v) is 3.85. The molecule has 122 valence electrons. The van der Waals surface area contributed by atoms with Gasteiger partial charge in [0.2, 0.25) is 0 Å². The Kier molecular flexibility index (Phi) is 4.04. The molecule has 1 amide bonds. The molecular weight excluding hydrogens is 310 g/mol. The van der Waals surface area contributed by atoms with Crippen LogP contribution in [0.15, 0.2) is 42.5 Å². The highest BCUT2D eigenvalue weighted by Gasteiger charge is 2.31. The van der Waals surface area contributed by atoms with Crippen molar-refractivity contribution in [3.63, 3.8) is 0 Å². The highest BCUT2D eigenvalue weighted by Crippen LogP contribution is 2.23. The van der Waals surface area contributed by atoms with Gasteiger partial charge in [0, 0.05) is 6.42 Å². The zero-order valence-corrected chi connectivity index (χ0v) is 12.9. The van der Waals surface area contributed by atoms with Gasteiger partial charge in [0.1, 0.15) is 0 Å².